The van der Waals surface area contributed by atoms with Gasteiger partial charge in [-0.25, -0.2) is 0 Å². The third kappa shape index (κ3) is 51.8. The zero-order valence-electron chi connectivity index (χ0n) is 45.5. The molecule has 0 aliphatic rings. The van der Waals surface area contributed by atoms with Crippen molar-refractivity contribution in [3.63, 3.8) is 0 Å². The minimum atomic E-state index is -0.764. The zero-order chi connectivity index (χ0) is 48.4. The Morgan fingerprint density at radius 2 is 0.530 bits per heavy atom. The van der Waals surface area contributed by atoms with Crippen LogP contribution in [-0.2, 0) is 28.6 Å². The van der Waals surface area contributed by atoms with Crippen LogP contribution in [-0.4, -0.2) is 37.2 Å². The van der Waals surface area contributed by atoms with Gasteiger partial charge >= 0.3 is 17.9 Å². The third-order valence-corrected chi connectivity index (χ3v) is 14.0. The molecule has 0 fully saturated rings. The van der Waals surface area contributed by atoms with Gasteiger partial charge in [0, 0.05) is 19.3 Å². The van der Waals surface area contributed by atoms with E-state index < -0.39 is 6.10 Å². The summed E-state index contributed by atoms with van der Waals surface area (Å²) in [5, 5.41) is 0. The second kappa shape index (κ2) is 51.3. The monoisotopic (exact) mass is 933 g/mol. The Morgan fingerprint density at radius 1 is 0.303 bits per heavy atom. The molecule has 0 amide bonds. The van der Waals surface area contributed by atoms with Crippen molar-refractivity contribution < 1.29 is 28.6 Å². The molecule has 1 unspecified atom stereocenters. The van der Waals surface area contributed by atoms with E-state index in [1.54, 1.807) is 0 Å². The van der Waals surface area contributed by atoms with Crippen LogP contribution in [0.5, 0.6) is 0 Å². The van der Waals surface area contributed by atoms with Gasteiger partial charge in [0.05, 0.1) is 0 Å². The van der Waals surface area contributed by atoms with Crippen LogP contribution in [0.1, 0.15) is 330 Å². The Labute approximate surface area is 412 Å². The lowest BCUT2D eigenvalue weighted by Gasteiger charge is -2.18. The van der Waals surface area contributed by atoms with Crippen molar-refractivity contribution in [2.24, 2.45) is 17.8 Å². The summed E-state index contributed by atoms with van der Waals surface area (Å²) in [6.07, 6.45) is 53.8. The fourth-order valence-electron chi connectivity index (χ4n) is 9.14. The number of hydrogen-bond acceptors (Lipinski definition) is 6. The molecule has 0 heterocycles. The van der Waals surface area contributed by atoms with E-state index in [1.807, 2.05) is 0 Å². The predicted molar refractivity (Wildman–Crippen MR) is 284 cm³/mol. The van der Waals surface area contributed by atoms with E-state index >= 15 is 0 Å². The molecule has 0 aromatic carbocycles. The zero-order valence-corrected chi connectivity index (χ0v) is 45.5. The Balaban J connectivity index is 4.24. The number of carbonyl (C=O) groups is 3. The molecule has 0 saturated carbocycles. The molecule has 0 aromatic rings. The van der Waals surface area contributed by atoms with E-state index in [1.165, 1.54) is 212 Å². The first-order chi connectivity index (χ1) is 32.1. The minimum absolute atomic E-state index is 0.0639. The number of hydrogen-bond donors (Lipinski definition) is 0. The molecule has 6 heteroatoms. The lowest BCUT2D eigenvalue weighted by atomic mass is 9.99. The van der Waals surface area contributed by atoms with Gasteiger partial charge in [0.25, 0.3) is 0 Å². The smallest absolute Gasteiger partial charge is 0.306 e. The van der Waals surface area contributed by atoms with E-state index in [0.29, 0.717) is 19.3 Å². The van der Waals surface area contributed by atoms with Gasteiger partial charge < -0.3 is 14.2 Å². The van der Waals surface area contributed by atoms with Crippen molar-refractivity contribution in [2.75, 3.05) is 13.2 Å². The summed E-state index contributed by atoms with van der Waals surface area (Å²) in [4.78, 5) is 38.1. The summed E-state index contributed by atoms with van der Waals surface area (Å²) in [6, 6.07) is 0. The highest BCUT2D eigenvalue weighted by Crippen LogP contribution is 2.19. The lowest BCUT2D eigenvalue weighted by Crippen LogP contribution is -2.30. The quantitative estimate of drug-likeness (QED) is 0.0343. The minimum Gasteiger partial charge on any atom is -0.462 e. The van der Waals surface area contributed by atoms with Crippen molar-refractivity contribution in [1.29, 1.82) is 0 Å². The standard InChI is InChI=1S/C60H116O6/c1-7-56(6)48-42-36-30-24-18-14-12-10-8-9-11-13-15-19-26-33-39-45-51-60(63)66-57(53-65-59(62)50-44-38-32-27-21-23-29-35-41-47-55(4)5)52-64-58(61)49-43-37-31-25-20-16-17-22-28-34-40-46-54(2)3/h54-57H,7-53H2,1-6H3/t56?,57-/m1/s1. The van der Waals surface area contributed by atoms with Gasteiger partial charge in [-0.15, -0.1) is 0 Å². The molecule has 0 radical (unpaired) electrons. The molecule has 0 aliphatic heterocycles. The average molecular weight is 934 g/mol. The van der Waals surface area contributed by atoms with Crippen molar-refractivity contribution in [1.82, 2.24) is 0 Å². The second-order valence-electron chi connectivity index (χ2n) is 21.8. The molecule has 0 spiro atoms. The van der Waals surface area contributed by atoms with E-state index in [4.69, 9.17) is 14.2 Å². The van der Waals surface area contributed by atoms with Gasteiger partial charge in [-0.2, -0.15) is 0 Å². The van der Waals surface area contributed by atoms with Crippen LogP contribution in [0.4, 0.5) is 0 Å². The van der Waals surface area contributed by atoms with Crippen molar-refractivity contribution in [2.45, 2.75) is 337 Å². The summed E-state index contributed by atoms with van der Waals surface area (Å²) in [6.45, 7) is 13.8. The van der Waals surface area contributed by atoms with Crippen LogP contribution >= 0.6 is 0 Å². The molecular formula is C60H116O6. The topological polar surface area (TPSA) is 78.9 Å². The van der Waals surface area contributed by atoms with E-state index in [-0.39, 0.29) is 31.1 Å². The summed E-state index contributed by atoms with van der Waals surface area (Å²) in [7, 11) is 0. The van der Waals surface area contributed by atoms with Gasteiger partial charge in [0.15, 0.2) is 6.10 Å². The van der Waals surface area contributed by atoms with Crippen LogP contribution in [0.2, 0.25) is 0 Å². The number of ether oxygens (including phenoxy) is 3. The molecule has 0 aromatic heterocycles. The molecule has 0 bridgehead atoms. The van der Waals surface area contributed by atoms with Crippen LogP contribution in [0.15, 0.2) is 0 Å². The van der Waals surface area contributed by atoms with Gasteiger partial charge in [0.2, 0.25) is 0 Å². The van der Waals surface area contributed by atoms with Crippen LogP contribution in [0.25, 0.3) is 0 Å². The van der Waals surface area contributed by atoms with Gasteiger partial charge in [-0.05, 0) is 37.0 Å². The first kappa shape index (κ1) is 64.4. The number of unbranched alkanes of at least 4 members (excludes halogenated alkanes) is 35. The van der Waals surface area contributed by atoms with E-state index in [9.17, 15) is 14.4 Å². The molecule has 66 heavy (non-hydrogen) atoms. The van der Waals surface area contributed by atoms with E-state index in [2.05, 4.69) is 41.5 Å². The van der Waals surface area contributed by atoms with E-state index in [0.717, 1.165) is 75.5 Å². The molecule has 2 atom stereocenters. The maximum absolute atomic E-state index is 12.9. The second-order valence-corrected chi connectivity index (χ2v) is 21.8. The first-order valence-electron chi connectivity index (χ1n) is 29.6. The van der Waals surface area contributed by atoms with Crippen LogP contribution in [0.3, 0.4) is 0 Å². The number of rotatable bonds is 53. The highest BCUT2D eigenvalue weighted by atomic mass is 16.6. The molecule has 0 aliphatic carbocycles. The summed E-state index contributed by atoms with van der Waals surface area (Å²) < 4.78 is 16.9. The average Bonchev–Trinajstić information content (AvgIpc) is 3.29. The highest BCUT2D eigenvalue weighted by Gasteiger charge is 2.19. The molecule has 0 saturated heterocycles. The first-order valence-corrected chi connectivity index (χ1v) is 29.6. The predicted octanol–water partition coefficient (Wildman–Crippen LogP) is 19.5. The Kier molecular flexibility index (Phi) is 50.0. The van der Waals surface area contributed by atoms with Gasteiger partial charge in [0.1, 0.15) is 13.2 Å². The van der Waals surface area contributed by atoms with Crippen molar-refractivity contribution in [3.8, 4) is 0 Å². The number of carbonyl (C=O) groups excluding carboxylic acids is 3. The Bertz CT molecular complexity index is 1020. The normalized spacial score (nSPS) is 12.5. The molecule has 392 valence electrons. The van der Waals surface area contributed by atoms with Crippen LogP contribution in [0, 0.1) is 17.8 Å². The van der Waals surface area contributed by atoms with Crippen molar-refractivity contribution in [3.05, 3.63) is 0 Å². The number of esters is 3. The Hall–Kier alpha value is -1.59. The third-order valence-electron chi connectivity index (χ3n) is 14.0. The maximum Gasteiger partial charge on any atom is 0.306 e. The van der Waals surface area contributed by atoms with Crippen molar-refractivity contribution >= 4 is 17.9 Å². The Morgan fingerprint density at radius 3 is 0.788 bits per heavy atom. The molecule has 6 nitrogen and oxygen atoms in total. The maximum atomic E-state index is 12.9. The van der Waals surface area contributed by atoms with Gasteiger partial charge in [-0.3, -0.25) is 14.4 Å². The fraction of sp³-hybridized carbons (Fsp3) is 0.950. The molecule has 0 N–H and O–H groups in total. The molecular weight excluding hydrogens is 817 g/mol. The van der Waals surface area contributed by atoms with Crippen LogP contribution < -0.4 is 0 Å². The SMILES string of the molecule is CCC(C)CCCCCCCCCCCCCCCCCCCCC(=O)O[C@H](COC(=O)CCCCCCCCCCCCCC(C)C)COC(=O)CCCCCCCCCCCC(C)C. The molecule has 0 rings (SSSR count). The summed E-state index contributed by atoms with van der Waals surface area (Å²) >= 11 is 0. The largest absolute Gasteiger partial charge is 0.462 e. The summed E-state index contributed by atoms with van der Waals surface area (Å²) in [5.41, 5.74) is 0. The highest BCUT2D eigenvalue weighted by molar-refractivity contribution is 5.71. The fourth-order valence-corrected chi connectivity index (χ4v) is 9.14. The lowest BCUT2D eigenvalue weighted by molar-refractivity contribution is -0.167. The summed E-state index contributed by atoms with van der Waals surface area (Å²) in [5.74, 6) is 1.70. The van der Waals surface area contributed by atoms with Gasteiger partial charge in [-0.1, -0.05) is 292 Å².